The van der Waals surface area contributed by atoms with Crippen LogP contribution >= 0.6 is 7.80 Å². The van der Waals surface area contributed by atoms with Gasteiger partial charge in [-0.25, -0.2) is 0 Å². The van der Waals surface area contributed by atoms with Crippen LogP contribution < -0.4 is 0 Å². The van der Waals surface area contributed by atoms with E-state index in [4.69, 9.17) is 0 Å². The van der Waals surface area contributed by atoms with E-state index in [0.29, 0.717) is 18.1 Å². The summed E-state index contributed by atoms with van der Waals surface area (Å²) in [4.78, 5) is 12.5. The van der Waals surface area contributed by atoms with Crippen molar-refractivity contribution in [2.75, 3.05) is 25.5 Å². The van der Waals surface area contributed by atoms with E-state index < -0.39 is 7.80 Å². The molecule has 0 spiro atoms. The van der Waals surface area contributed by atoms with Crippen LogP contribution in [0.25, 0.3) is 0 Å². The third-order valence-electron chi connectivity index (χ3n) is 1.96. The van der Waals surface area contributed by atoms with Gasteiger partial charge in [-0.15, -0.1) is 0 Å². The molecule has 3 nitrogen and oxygen atoms in total. The van der Waals surface area contributed by atoms with Crippen molar-refractivity contribution in [1.29, 1.82) is 0 Å². The van der Waals surface area contributed by atoms with E-state index in [1.54, 1.807) is 0 Å². The number of hydrogen-bond donors (Lipinski definition) is 0. The maximum atomic E-state index is 11.5. The minimum Gasteiger partial charge on any atom is -0.325 e. The van der Waals surface area contributed by atoms with Crippen LogP contribution in [0.2, 0.25) is 0 Å². The summed E-state index contributed by atoms with van der Waals surface area (Å²) in [6.07, 6.45) is 1.60. The molecule has 0 aromatic rings. The van der Waals surface area contributed by atoms with Crippen molar-refractivity contribution >= 4 is 14.1 Å². The Kier molecular flexibility index (Phi) is 7.99. The maximum absolute atomic E-state index is 11.5. The zero-order chi connectivity index (χ0) is 11.8. The molecule has 0 rings (SSSR count). The van der Waals surface area contributed by atoms with Crippen LogP contribution in [0.3, 0.4) is 0 Å². The first-order valence-electron chi connectivity index (χ1n) is 5.63. The zero-order valence-electron chi connectivity index (χ0n) is 10.3. The van der Waals surface area contributed by atoms with E-state index in [2.05, 4.69) is 32.6 Å². The van der Waals surface area contributed by atoms with Gasteiger partial charge in [0.05, 0.1) is 14.0 Å². The van der Waals surface area contributed by atoms with Crippen molar-refractivity contribution in [1.82, 2.24) is 4.90 Å². The Labute approximate surface area is 94.0 Å². The number of carbonyl (C=O) groups excluding carboxylic acids is 1. The van der Waals surface area contributed by atoms with E-state index in [0.717, 1.165) is 19.4 Å². The van der Waals surface area contributed by atoms with Crippen LogP contribution in [0.4, 0.5) is 0 Å². The SMILES string of the molecule is CC(C)CN(CC(C)C)C[PH](=O)CC=O. The molecule has 0 radical (unpaired) electrons. The summed E-state index contributed by atoms with van der Waals surface area (Å²) in [5.74, 6) is 1.16. The normalized spacial score (nSPS) is 13.8. The Morgan fingerprint density at radius 1 is 1.13 bits per heavy atom. The van der Waals surface area contributed by atoms with Gasteiger partial charge in [-0.1, -0.05) is 27.7 Å². The Balaban J connectivity index is 4.10. The molecule has 0 aliphatic rings. The van der Waals surface area contributed by atoms with Crippen LogP contribution in [0, 0.1) is 11.8 Å². The third kappa shape index (κ3) is 8.83. The fourth-order valence-corrected chi connectivity index (χ4v) is 2.72. The van der Waals surface area contributed by atoms with Crippen LogP contribution in [0.5, 0.6) is 0 Å². The Morgan fingerprint density at radius 3 is 1.93 bits per heavy atom. The van der Waals surface area contributed by atoms with Crippen molar-refractivity contribution in [2.24, 2.45) is 11.8 Å². The van der Waals surface area contributed by atoms with Crippen LogP contribution in [-0.4, -0.2) is 36.7 Å². The highest BCUT2D eigenvalue weighted by Crippen LogP contribution is 2.21. The molecule has 1 atom stereocenters. The molecule has 0 aromatic carbocycles. The molecule has 15 heavy (non-hydrogen) atoms. The number of nitrogens with zero attached hydrogens (tertiary/aromatic N) is 1. The summed E-state index contributed by atoms with van der Waals surface area (Å²) in [6, 6.07) is 0. The standard InChI is InChI=1S/C11H24NO2P/c1-10(2)7-12(8-11(3)4)9-15(14)6-5-13/h5,10-11,15H,6-9H2,1-4H3. The van der Waals surface area contributed by atoms with E-state index >= 15 is 0 Å². The predicted octanol–water partition coefficient (Wildman–Crippen LogP) is 2.32. The van der Waals surface area contributed by atoms with Crippen molar-refractivity contribution in [3.63, 3.8) is 0 Å². The highest BCUT2D eigenvalue weighted by molar-refractivity contribution is 7.45. The van der Waals surface area contributed by atoms with Gasteiger partial charge in [0.2, 0.25) is 0 Å². The summed E-state index contributed by atoms with van der Waals surface area (Å²) in [5, 5.41) is 0. The molecule has 0 amide bonds. The Morgan fingerprint density at radius 2 is 1.60 bits per heavy atom. The highest BCUT2D eigenvalue weighted by atomic mass is 31.1. The van der Waals surface area contributed by atoms with Crippen LogP contribution in [0.15, 0.2) is 0 Å². The smallest absolute Gasteiger partial charge is 0.127 e. The average molecular weight is 233 g/mol. The first-order valence-corrected chi connectivity index (χ1v) is 7.45. The number of aldehydes is 1. The van der Waals surface area contributed by atoms with Gasteiger partial charge in [0.1, 0.15) is 6.29 Å². The van der Waals surface area contributed by atoms with Crippen LogP contribution in [-0.2, 0) is 9.36 Å². The quantitative estimate of drug-likeness (QED) is 0.477. The molecule has 0 aliphatic carbocycles. The lowest BCUT2D eigenvalue weighted by Crippen LogP contribution is -2.31. The fraction of sp³-hybridized carbons (Fsp3) is 0.909. The highest BCUT2D eigenvalue weighted by Gasteiger charge is 2.12. The predicted molar refractivity (Wildman–Crippen MR) is 66.0 cm³/mol. The van der Waals surface area contributed by atoms with E-state index in [1.807, 2.05) is 0 Å². The van der Waals surface area contributed by atoms with E-state index in [9.17, 15) is 9.36 Å². The summed E-state index contributed by atoms with van der Waals surface area (Å²) in [5.41, 5.74) is 0. The third-order valence-corrected chi connectivity index (χ3v) is 3.38. The van der Waals surface area contributed by atoms with Gasteiger partial charge in [-0.2, -0.15) is 0 Å². The monoisotopic (exact) mass is 233 g/mol. The summed E-state index contributed by atoms with van der Waals surface area (Å²) in [7, 11) is -1.72. The van der Waals surface area contributed by atoms with Gasteiger partial charge in [0.15, 0.2) is 0 Å². The van der Waals surface area contributed by atoms with Gasteiger partial charge in [-0.05, 0) is 11.8 Å². The lowest BCUT2D eigenvalue weighted by Gasteiger charge is -2.25. The molecule has 0 saturated heterocycles. The molecule has 0 bridgehead atoms. The molecule has 90 valence electrons. The first kappa shape index (κ1) is 14.9. The lowest BCUT2D eigenvalue weighted by molar-refractivity contribution is -0.105. The van der Waals surface area contributed by atoms with Gasteiger partial charge in [-0.3, -0.25) is 4.90 Å². The second-order valence-electron chi connectivity index (χ2n) is 4.89. The van der Waals surface area contributed by atoms with Gasteiger partial charge in [0.25, 0.3) is 0 Å². The number of rotatable bonds is 8. The molecule has 0 heterocycles. The molecule has 0 saturated carbocycles. The topological polar surface area (TPSA) is 37.4 Å². The molecule has 0 aromatic heterocycles. The molecule has 1 unspecified atom stereocenters. The number of hydrogen-bond acceptors (Lipinski definition) is 3. The van der Waals surface area contributed by atoms with Gasteiger partial charge in [0, 0.05) is 19.4 Å². The van der Waals surface area contributed by atoms with E-state index in [-0.39, 0.29) is 6.16 Å². The zero-order valence-corrected chi connectivity index (χ0v) is 11.3. The molecule has 4 heteroatoms. The lowest BCUT2D eigenvalue weighted by atomic mass is 10.1. The van der Waals surface area contributed by atoms with Crippen molar-refractivity contribution < 1.29 is 9.36 Å². The molecular formula is C11H24NO2P. The van der Waals surface area contributed by atoms with Gasteiger partial charge < -0.3 is 9.36 Å². The molecule has 0 N–H and O–H groups in total. The van der Waals surface area contributed by atoms with Crippen LogP contribution in [0.1, 0.15) is 27.7 Å². The fourth-order valence-electron chi connectivity index (χ4n) is 1.64. The molecule has 0 aliphatic heterocycles. The van der Waals surface area contributed by atoms with Crippen molar-refractivity contribution in [3.8, 4) is 0 Å². The van der Waals surface area contributed by atoms with Crippen molar-refractivity contribution in [2.45, 2.75) is 27.7 Å². The second kappa shape index (κ2) is 8.06. The first-order chi connectivity index (χ1) is 6.95. The summed E-state index contributed by atoms with van der Waals surface area (Å²) < 4.78 is 11.5. The minimum atomic E-state index is -1.72. The van der Waals surface area contributed by atoms with Gasteiger partial charge >= 0.3 is 0 Å². The number of carbonyl (C=O) groups is 1. The summed E-state index contributed by atoms with van der Waals surface area (Å²) >= 11 is 0. The molecular weight excluding hydrogens is 209 g/mol. The van der Waals surface area contributed by atoms with Crippen molar-refractivity contribution in [3.05, 3.63) is 0 Å². The largest absolute Gasteiger partial charge is 0.325 e. The van der Waals surface area contributed by atoms with E-state index in [1.165, 1.54) is 0 Å². The Hall–Kier alpha value is -0.140. The maximum Gasteiger partial charge on any atom is 0.127 e. The average Bonchev–Trinajstić information content (AvgIpc) is 2.00. The minimum absolute atomic E-state index is 0.233. The Bertz CT molecular complexity index is 195. The second-order valence-corrected chi connectivity index (χ2v) is 6.69. The molecule has 0 fully saturated rings. The summed E-state index contributed by atoms with van der Waals surface area (Å²) in [6.45, 7) is 10.6.